The summed E-state index contributed by atoms with van der Waals surface area (Å²) in [6, 6.07) is 3.08. The number of ether oxygens (including phenoxy) is 1. The molecule has 7 nitrogen and oxygen atoms in total. The normalized spacial score (nSPS) is 16.4. The zero-order valence-electron chi connectivity index (χ0n) is 13.4. The fourth-order valence-corrected chi connectivity index (χ4v) is 3.03. The molecule has 0 aliphatic heterocycles. The molecule has 1 aromatic rings. The highest BCUT2D eigenvalue weighted by molar-refractivity contribution is 5.77. The van der Waals surface area contributed by atoms with Gasteiger partial charge in [-0.3, -0.25) is 14.9 Å². The van der Waals surface area contributed by atoms with E-state index >= 15 is 0 Å². The first-order chi connectivity index (χ1) is 11.5. The number of amides is 1. The predicted molar refractivity (Wildman–Crippen MR) is 86.1 cm³/mol. The lowest BCUT2D eigenvalue weighted by molar-refractivity contribution is -0.387. The Balaban J connectivity index is 1.85. The highest BCUT2D eigenvalue weighted by Crippen LogP contribution is 2.26. The Morgan fingerprint density at radius 3 is 2.71 bits per heavy atom. The maximum atomic E-state index is 13.5. The van der Waals surface area contributed by atoms with Gasteiger partial charge in [-0.2, -0.15) is 4.39 Å². The van der Waals surface area contributed by atoms with E-state index in [1.54, 1.807) is 0 Å². The summed E-state index contributed by atoms with van der Waals surface area (Å²) in [4.78, 5) is 21.7. The van der Waals surface area contributed by atoms with Gasteiger partial charge in [0, 0.05) is 24.7 Å². The second kappa shape index (κ2) is 8.58. The van der Waals surface area contributed by atoms with Crippen molar-refractivity contribution in [3.05, 3.63) is 34.1 Å². The van der Waals surface area contributed by atoms with Gasteiger partial charge in [-0.1, -0.05) is 19.3 Å². The van der Waals surface area contributed by atoms with Crippen molar-refractivity contribution >= 4 is 11.6 Å². The van der Waals surface area contributed by atoms with Crippen LogP contribution in [0.3, 0.4) is 0 Å². The molecule has 3 N–H and O–H groups in total. The van der Waals surface area contributed by atoms with Crippen molar-refractivity contribution in [2.75, 3.05) is 13.2 Å². The summed E-state index contributed by atoms with van der Waals surface area (Å²) < 4.78 is 18.7. The molecule has 24 heavy (non-hydrogen) atoms. The molecule has 1 aliphatic carbocycles. The number of rotatable bonds is 7. The molecule has 1 fully saturated rings. The smallest absolute Gasteiger partial charge is 0.305 e. The van der Waals surface area contributed by atoms with Crippen LogP contribution in [0.25, 0.3) is 0 Å². The van der Waals surface area contributed by atoms with Crippen LogP contribution < -0.4 is 15.8 Å². The summed E-state index contributed by atoms with van der Waals surface area (Å²) in [5.41, 5.74) is 5.12. The molecule has 1 unspecified atom stereocenters. The summed E-state index contributed by atoms with van der Waals surface area (Å²) in [6.45, 7) is 0.0725. The van der Waals surface area contributed by atoms with Crippen LogP contribution >= 0.6 is 0 Å². The van der Waals surface area contributed by atoms with E-state index in [0.717, 1.165) is 37.8 Å². The molecule has 1 aliphatic rings. The van der Waals surface area contributed by atoms with Crippen LogP contribution in [0.15, 0.2) is 18.2 Å². The minimum absolute atomic E-state index is 0.0650. The molecule has 0 bridgehead atoms. The Kier molecular flexibility index (Phi) is 6.48. The lowest BCUT2D eigenvalue weighted by Gasteiger charge is -2.30. The molecule has 0 saturated heterocycles. The van der Waals surface area contributed by atoms with Gasteiger partial charge in [-0.15, -0.1) is 0 Å². The highest BCUT2D eigenvalue weighted by Gasteiger charge is 2.24. The van der Waals surface area contributed by atoms with Gasteiger partial charge >= 0.3 is 5.69 Å². The SMILES string of the molecule is NCC(NC(=O)COc1ccc([N+](=O)[O-])c(F)c1)C1CCCCC1. The van der Waals surface area contributed by atoms with Crippen LogP contribution in [0.5, 0.6) is 5.75 Å². The Morgan fingerprint density at radius 1 is 1.42 bits per heavy atom. The lowest BCUT2D eigenvalue weighted by Crippen LogP contribution is -2.47. The molecule has 0 heterocycles. The second-order valence-electron chi connectivity index (χ2n) is 5.97. The van der Waals surface area contributed by atoms with Gasteiger partial charge in [0.05, 0.1) is 4.92 Å². The van der Waals surface area contributed by atoms with E-state index in [0.29, 0.717) is 12.5 Å². The molecule has 1 amide bonds. The molecule has 0 spiro atoms. The zero-order valence-corrected chi connectivity index (χ0v) is 13.4. The van der Waals surface area contributed by atoms with Crippen molar-refractivity contribution in [3.8, 4) is 5.75 Å². The van der Waals surface area contributed by atoms with E-state index in [9.17, 15) is 19.3 Å². The molecule has 1 aromatic carbocycles. The van der Waals surface area contributed by atoms with Gasteiger partial charge in [0.25, 0.3) is 5.91 Å². The lowest BCUT2D eigenvalue weighted by atomic mass is 9.84. The van der Waals surface area contributed by atoms with Gasteiger partial charge in [0.2, 0.25) is 5.82 Å². The van der Waals surface area contributed by atoms with Gasteiger partial charge in [-0.05, 0) is 24.8 Å². The van der Waals surface area contributed by atoms with Crippen LogP contribution in [-0.4, -0.2) is 30.0 Å². The van der Waals surface area contributed by atoms with Crippen molar-refractivity contribution < 1.29 is 18.8 Å². The van der Waals surface area contributed by atoms with Gasteiger partial charge in [0.15, 0.2) is 6.61 Å². The third-order valence-electron chi connectivity index (χ3n) is 4.30. The standard InChI is InChI=1S/C16H22FN3O4/c17-13-8-12(6-7-15(13)20(22)23)24-10-16(21)19-14(9-18)11-4-2-1-3-5-11/h6-8,11,14H,1-5,9-10,18H2,(H,19,21). The van der Waals surface area contributed by atoms with Crippen molar-refractivity contribution in [2.45, 2.75) is 38.1 Å². The van der Waals surface area contributed by atoms with Crippen molar-refractivity contribution in [1.82, 2.24) is 5.32 Å². The Labute approximate surface area is 139 Å². The summed E-state index contributed by atoms with van der Waals surface area (Å²) in [5, 5.41) is 13.4. The maximum absolute atomic E-state index is 13.5. The van der Waals surface area contributed by atoms with E-state index in [1.807, 2.05) is 0 Å². The first kappa shape index (κ1) is 18.1. The van der Waals surface area contributed by atoms with E-state index in [1.165, 1.54) is 12.5 Å². The molecular weight excluding hydrogens is 317 g/mol. The first-order valence-electron chi connectivity index (χ1n) is 8.07. The second-order valence-corrected chi connectivity index (χ2v) is 5.97. The number of hydrogen-bond acceptors (Lipinski definition) is 5. The Hall–Kier alpha value is -2.22. The summed E-state index contributed by atoms with van der Waals surface area (Å²) in [7, 11) is 0. The van der Waals surface area contributed by atoms with Crippen molar-refractivity contribution in [1.29, 1.82) is 0 Å². The minimum Gasteiger partial charge on any atom is -0.484 e. The number of halogens is 1. The topological polar surface area (TPSA) is 107 Å². The quantitative estimate of drug-likeness (QED) is 0.584. The number of hydrogen-bond donors (Lipinski definition) is 2. The van der Waals surface area contributed by atoms with Crippen LogP contribution in [0.2, 0.25) is 0 Å². The van der Waals surface area contributed by atoms with Gasteiger partial charge < -0.3 is 15.8 Å². The largest absolute Gasteiger partial charge is 0.484 e. The molecule has 1 saturated carbocycles. The summed E-state index contributed by atoms with van der Waals surface area (Å²) >= 11 is 0. The Morgan fingerprint density at radius 2 is 2.12 bits per heavy atom. The van der Waals surface area contributed by atoms with Gasteiger partial charge in [-0.25, -0.2) is 0 Å². The first-order valence-corrected chi connectivity index (χ1v) is 8.07. The van der Waals surface area contributed by atoms with Crippen LogP contribution in [0, 0.1) is 21.8 Å². The van der Waals surface area contributed by atoms with Crippen molar-refractivity contribution in [2.24, 2.45) is 11.7 Å². The van der Waals surface area contributed by atoms with Crippen LogP contribution in [0.4, 0.5) is 10.1 Å². The molecule has 132 valence electrons. The van der Waals surface area contributed by atoms with E-state index < -0.39 is 16.4 Å². The van der Waals surface area contributed by atoms with Gasteiger partial charge in [0.1, 0.15) is 5.75 Å². The average molecular weight is 339 g/mol. The average Bonchev–Trinajstić information content (AvgIpc) is 2.58. The molecule has 0 aromatic heterocycles. The summed E-state index contributed by atoms with van der Waals surface area (Å²) in [6.07, 6.45) is 5.62. The monoisotopic (exact) mass is 339 g/mol. The van der Waals surface area contributed by atoms with Crippen molar-refractivity contribution in [3.63, 3.8) is 0 Å². The number of nitro groups is 1. The molecule has 8 heteroatoms. The zero-order chi connectivity index (χ0) is 17.5. The number of nitrogens with one attached hydrogen (secondary N) is 1. The molecule has 0 radical (unpaired) electrons. The molecular formula is C16H22FN3O4. The fraction of sp³-hybridized carbons (Fsp3) is 0.562. The van der Waals surface area contributed by atoms with E-state index in [4.69, 9.17) is 10.5 Å². The number of carbonyl (C=O) groups is 1. The molecule has 2 rings (SSSR count). The number of nitro benzene ring substituents is 1. The third-order valence-corrected chi connectivity index (χ3v) is 4.30. The number of carbonyl (C=O) groups excluding carboxylic acids is 1. The minimum atomic E-state index is -1.00. The van der Waals surface area contributed by atoms with Crippen LogP contribution in [0.1, 0.15) is 32.1 Å². The highest BCUT2D eigenvalue weighted by atomic mass is 19.1. The number of benzene rings is 1. The summed E-state index contributed by atoms with van der Waals surface area (Å²) in [5.74, 6) is -0.894. The predicted octanol–water partition coefficient (Wildman–Crippen LogP) is 2.14. The molecule has 1 atom stereocenters. The third kappa shape index (κ3) is 4.89. The van der Waals surface area contributed by atoms with E-state index in [-0.39, 0.29) is 24.3 Å². The maximum Gasteiger partial charge on any atom is 0.305 e. The number of nitrogens with zero attached hydrogens (tertiary/aromatic N) is 1. The van der Waals surface area contributed by atoms with E-state index in [2.05, 4.69) is 5.32 Å². The number of nitrogens with two attached hydrogens (primary N) is 1. The Bertz CT molecular complexity index is 591. The fourth-order valence-electron chi connectivity index (χ4n) is 3.03. The van der Waals surface area contributed by atoms with Crippen LogP contribution in [-0.2, 0) is 4.79 Å².